The molecular formula is C11H13F3O2. The number of hydrogen-bond acceptors (Lipinski definition) is 2. The van der Waals surface area contributed by atoms with Crippen molar-refractivity contribution in [3.05, 3.63) is 23.7 Å². The summed E-state index contributed by atoms with van der Waals surface area (Å²) in [6.07, 6.45) is -3.42. The summed E-state index contributed by atoms with van der Waals surface area (Å²) in [4.78, 5) is 11.5. The Bertz CT molecular complexity index is 352. The lowest BCUT2D eigenvalue weighted by molar-refractivity contribution is -0.135. The van der Waals surface area contributed by atoms with Gasteiger partial charge in [-0.2, -0.15) is 13.2 Å². The zero-order valence-electron chi connectivity index (χ0n) is 8.93. The fourth-order valence-electron chi connectivity index (χ4n) is 1.45. The Balaban J connectivity index is 2.47. The lowest BCUT2D eigenvalue weighted by Crippen LogP contribution is -2.08. The van der Waals surface area contributed by atoms with E-state index in [9.17, 15) is 18.0 Å². The number of hydrogen-bond donors (Lipinski definition) is 0. The van der Waals surface area contributed by atoms with E-state index in [0.717, 1.165) is 0 Å². The van der Waals surface area contributed by atoms with Crippen LogP contribution in [0.5, 0.6) is 0 Å². The van der Waals surface area contributed by atoms with Gasteiger partial charge in [-0.15, -0.1) is 0 Å². The van der Waals surface area contributed by atoms with Crippen molar-refractivity contribution in [2.75, 3.05) is 0 Å². The maximum Gasteiger partial charge on any atom is 0.389 e. The Morgan fingerprint density at radius 2 is 2.12 bits per heavy atom. The van der Waals surface area contributed by atoms with E-state index in [1.807, 2.05) is 6.92 Å². The van der Waals surface area contributed by atoms with Gasteiger partial charge in [0.1, 0.15) is 5.76 Å². The fourth-order valence-corrected chi connectivity index (χ4v) is 1.45. The van der Waals surface area contributed by atoms with Gasteiger partial charge in [-0.1, -0.05) is 6.92 Å². The van der Waals surface area contributed by atoms with Gasteiger partial charge in [-0.05, 0) is 12.5 Å². The molecule has 0 atom stereocenters. The first kappa shape index (κ1) is 12.8. The van der Waals surface area contributed by atoms with Gasteiger partial charge < -0.3 is 4.42 Å². The highest BCUT2D eigenvalue weighted by molar-refractivity contribution is 5.96. The summed E-state index contributed by atoms with van der Waals surface area (Å²) < 4.78 is 40.6. The van der Waals surface area contributed by atoms with Crippen molar-refractivity contribution in [3.63, 3.8) is 0 Å². The number of carbonyl (C=O) groups excluding carboxylic acids is 1. The zero-order valence-corrected chi connectivity index (χ0v) is 8.93. The number of carbonyl (C=O) groups is 1. The molecule has 1 heterocycles. The summed E-state index contributed by atoms with van der Waals surface area (Å²) in [5.74, 6) is 0.256. The molecule has 0 N–H and O–H groups in total. The van der Waals surface area contributed by atoms with Gasteiger partial charge in [0, 0.05) is 19.3 Å². The largest absolute Gasteiger partial charge is 0.469 e. The molecule has 2 nitrogen and oxygen atoms in total. The number of aryl methyl sites for hydroxylation is 1. The van der Waals surface area contributed by atoms with E-state index < -0.39 is 12.6 Å². The smallest absolute Gasteiger partial charge is 0.389 e. The average Bonchev–Trinajstić information content (AvgIpc) is 2.63. The van der Waals surface area contributed by atoms with E-state index in [1.54, 1.807) is 0 Å². The molecule has 1 rings (SSSR count). The summed E-state index contributed by atoms with van der Waals surface area (Å²) >= 11 is 0. The number of alkyl halides is 3. The lowest BCUT2D eigenvalue weighted by atomic mass is 10.1. The van der Waals surface area contributed by atoms with Crippen LogP contribution in [0.25, 0.3) is 0 Å². The molecule has 0 saturated carbocycles. The zero-order chi connectivity index (χ0) is 12.2. The van der Waals surface area contributed by atoms with Crippen LogP contribution in [0.15, 0.2) is 16.7 Å². The van der Waals surface area contributed by atoms with Crippen molar-refractivity contribution >= 4 is 5.78 Å². The maximum atomic E-state index is 11.9. The second-order valence-corrected chi connectivity index (χ2v) is 3.50. The average molecular weight is 234 g/mol. The standard InChI is InChI=1S/C11H13F3O2/c1-2-10-8(5-7-16-10)9(15)4-3-6-11(12,13)14/h5,7H,2-4,6H2,1H3. The number of ketones is 1. The molecule has 0 spiro atoms. The summed E-state index contributed by atoms with van der Waals surface area (Å²) in [6, 6.07) is 1.51. The minimum atomic E-state index is -4.19. The first-order chi connectivity index (χ1) is 7.44. The Labute approximate surface area is 91.4 Å². The molecule has 0 bridgehead atoms. The first-order valence-corrected chi connectivity index (χ1v) is 5.10. The predicted molar refractivity (Wildman–Crippen MR) is 52.3 cm³/mol. The second kappa shape index (κ2) is 5.18. The number of Topliss-reactive ketones (excluding diaryl/α,β-unsaturated/α-hetero) is 1. The Morgan fingerprint density at radius 3 is 2.69 bits per heavy atom. The van der Waals surface area contributed by atoms with Crippen molar-refractivity contribution in [2.24, 2.45) is 0 Å². The Kier molecular flexibility index (Phi) is 4.15. The summed E-state index contributed by atoms with van der Waals surface area (Å²) in [5.41, 5.74) is 0.407. The highest BCUT2D eigenvalue weighted by Gasteiger charge is 2.26. The van der Waals surface area contributed by atoms with Crippen molar-refractivity contribution < 1.29 is 22.4 Å². The summed E-state index contributed by atoms with van der Waals surface area (Å²) in [7, 11) is 0. The molecule has 1 aromatic rings. The number of rotatable bonds is 5. The third kappa shape index (κ3) is 3.72. The normalized spacial score (nSPS) is 11.8. The molecule has 0 amide bonds. The highest BCUT2D eigenvalue weighted by atomic mass is 19.4. The summed E-state index contributed by atoms with van der Waals surface area (Å²) in [5, 5.41) is 0. The van der Waals surface area contributed by atoms with Crippen LogP contribution in [0.3, 0.4) is 0 Å². The van der Waals surface area contributed by atoms with Crippen LogP contribution in [-0.4, -0.2) is 12.0 Å². The molecule has 0 saturated heterocycles. The van der Waals surface area contributed by atoms with Gasteiger partial charge in [0.05, 0.1) is 11.8 Å². The van der Waals surface area contributed by atoms with Gasteiger partial charge in [0.2, 0.25) is 0 Å². The molecular weight excluding hydrogens is 221 g/mol. The van der Waals surface area contributed by atoms with Crippen LogP contribution >= 0.6 is 0 Å². The first-order valence-electron chi connectivity index (χ1n) is 5.10. The van der Waals surface area contributed by atoms with Crippen molar-refractivity contribution in [1.82, 2.24) is 0 Å². The minimum Gasteiger partial charge on any atom is -0.469 e. The van der Waals surface area contributed by atoms with Crippen LogP contribution in [0.1, 0.15) is 42.3 Å². The molecule has 90 valence electrons. The van der Waals surface area contributed by atoms with E-state index in [0.29, 0.717) is 17.7 Å². The summed E-state index contributed by atoms with van der Waals surface area (Å²) in [6.45, 7) is 1.82. The Morgan fingerprint density at radius 1 is 1.44 bits per heavy atom. The fraction of sp³-hybridized carbons (Fsp3) is 0.545. The maximum absolute atomic E-state index is 11.9. The molecule has 0 aliphatic rings. The van der Waals surface area contributed by atoms with E-state index in [1.165, 1.54) is 12.3 Å². The van der Waals surface area contributed by atoms with E-state index in [4.69, 9.17) is 4.42 Å². The molecule has 0 aliphatic carbocycles. The molecule has 0 aliphatic heterocycles. The van der Waals surface area contributed by atoms with Gasteiger partial charge >= 0.3 is 6.18 Å². The quantitative estimate of drug-likeness (QED) is 0.726. The van der Waals surface area contributed by atoms with Crippen LogP contribution in [0.2, 0.25) is 0 Å². The third-order valence-corrected chi connectivity index (χ3v) is 2.23. The molecule has 0 radical (unpaired) electrons. The SMILES string of the molecule is CCc1occc1C(=O)CCCC(F)(F)F. The predicted octanol–water partition coefficient (Wildman–Crippen LogP) is 3.76. The Hall–Kier alpha value is -1.26. The number of halogens is 3. The van der Waals surface area contributed by atoms with Crippen molar-refractivity contribution in [2.45, 2.75) is 38.8 Å². The van der Waals surface area contributed by atoms with Crippen LogP contribution in [0, 0.1) is 0 Å². The van der Waals surface area contributed by atoms with Crippen molar-refractivity contribution in [3.8, 4) is 0 Å². The molecule has 5 heteroatoms. The van der Waals surface area contributed by atoms with E-state index >= 15 is 0 Å². The minimum absolute atomic E-state index is 0.0912. The van der Waals surface area contributed by atoms with Gasteiger partial charge in [-0.25, -0.2) is 0 Å². The topological polar surface area (TPSA) is 30.2 Å². The molecule has 0 fully saturated rings. The number of furan rings is 1. The highest BCUT2D eigenvalue weighted by Crippen LogP contribution is 2.23. The molecule has 1 aromatic heterocycles. The monoisotopic (exact) mass is 234 g/mol. The second-order valence-electron chi connectivity index (χ2n) is 3.50. The van der Waals surface area contributed by atoms with E-state index in [2.05, 4.69) is 0 Å². The molecule has 0 aromatic carbocycles. The lowest BCUT2D eigenvalue weighted by Gasteiger charge is -2.05. The van der Waals surface area contributed by atoms with Crippen LogP contribution in [0.4, 0.5) is 13.2 Å². The third-order valence-electron chi connectivity index (χ3n) is 2.23. The van der Waals surface area contributed by atoms with Gasteiger partial charge in [-0.3, -0.25) is 4.79 Å². The van der Waals surface area contributed by atoms with Gasteiger partial charge in [0.25, 0.3) is 0 Å². The van der Waals surface area contributed by atoms with E-state index in [-0.39, 0.29) is 18.6 Å². The van der Waals surface area contributed by atoms with Crippen LogP contribution in [-0.2, 0) is 6.42 Å². The molecule has 16 heavy (non-hydrogen) atoms. The van der Waals surface area contributed by atoms with Crippen molar-refractivity contribution in [1.29, 1.82) is 0 Å². The molecule has 0 unspecified atom stereocenters. The van der Waals surface area contributed by atoms with Crippen LogP contribution < -0.4 is 0 Å². The van der Waals surface area contributed by atoms with Gasteiger partial charge in [0.15, 0.2) is 5.78 Å².